The van der Waals surface area contributed by atoms with Gasteiger partial charge in [-0.15, -0.1) is 4.28 Å². The Morgan fingerprint density at radius 2 is 2.12 bits per heavy atom. The molecule has 86 valence electrons. The van der Waals surface area contributed by atoms with Crippen LogP contribution >= 0.6 is 0 Å². The van der Waals surface area contributed by atoms with E-state index in [1.54, 1.807) is 24.3 Å². The number of para-hydroxylation sites is 1. The van der Waals surface area contributed by atoms with Gasteiger partial charge in [-0.2, -0.15) is 8.42 Å². The van der Waals surface area contributed by atoms with Crippen molar-refractivity contribution in [3.63, 3.8) is 0 Å². The Kier molecular flexibility index (Phi) is 2.58. The molecular weight excluding hydrogens is 234 g/mol. The number of phenolic OH excluding ortho intramolecular Hbond substituents is 1. The lowest BCUT2D eigenvalue weighted by Crippen LogP contribution is -2.29. The second kappa shape index (κ2) is 3.78. The molecule has 16 heavy (non-hydrogen) atoms. The van der Waals surface area contributed by atoms with E-state index in [9.17, 15) is 13.5 Å². The second-order valence-electron chi connectivity index (χ2n) is 3.18. The van der Waals surface area contributed by atoms with E-state index < -0.39 is 10.4 Å². The average molecular weight is 243 g/mol. The molecule has 0 bridgehead atoms. The molecule has 0 fully saturated rings. The van der Waals surface area contributed by atoms with E-state index in [-0.39, 0.29) is 18.0 Å². The van der Waals surface area contributed by atoms with E-state index in [0.29, 0.717) is 5.56 Å². The number of hydroxylamine groups is 1. The number of aromatic hydroxyl groups is 1. The minimum atomic E-state index is -4.60. The van der Waals surface area contributed by atoms with Crippen molar-refractivity contribution in [3.05, 3.63) is 29.8 Å². The summed E-state index contributed by atoms with van der Waals surface area (Å²) in [4.78, 5) is 0. The molecule has 1 aromatic rings. The molecule has 0 aromatic heterocycles. The first-order valence-corrected chi connectivity index (χ1v) is 5.77. The topological polar surface area (TPSA) is 87.1 Å². The van der Waals surface area contributed by atoms with Gasteiger partial charge in [-0.25, -0.2) is 5.06 Å². The maximum absolute atomic E-state index is 10.6. The summed E-state index contributed by atoms with van der Waals surface area (Å²) < 4.78 is 34.1. The van der Waals surface area contributed by atoms with Crippen LogP contribution in [0, 0.1) is 0 Å². The molecule has 6 nitrogen and oxygen atoms in total. The van der Waals surface area contributed by atoms with E-state index in [2.05, 4.69) is 4.28 Å². The largest absolute Gasteiger partial charge is 0.506 e. The maximum Gasteiger partial charge on any atom is 0.418 e. The smallest absolute Gasteiger partial charge is 0.418 e. The number of anilines is 1. The van der Waals surface area contributed by atoms with E-state index in [4.69, 9.17) is 4.55 Å². The Balaban J connectivity index is 2.44. The van der Waals surface area contributed by atoms with Crippen LogP contribution < -0.4 is 5.06 Å². The molecule has 1 aliphatic rings. The fourth-order valence-electron chi connectivity index (χ4n) is 1.50. The summed E-state index contributed by atoms with van der Waals surface area (Å²) in [6.07, 6.45) is 3.37. The summed E-state index contributed by atoms with van der Waals surface area (Å²) >= 11 is 0. The number of hydrogen-bond donors (Lipinski definition) is 2. The van der Waals surface area contributed by atoms with E-state index >= 15 is 0 Å². The van der Waals surface area contributed by atoms with Crippen molar-refractivity contribution in [2.24, 2.45) is 0 Å². The third-order valence-electron chi connectivity index (χ3n) is 2.05. The van der Waals surface area contributed by atoms with Crippen molar-refractivity contribution in [2.45, 2.75) is 0 Å². The summed E-state index contributed by atoms with van der Waals surface area (Å²) in [5.74, 6) is -0.120. The van der Waals surface area contributed by atoms with E-state index in [1.807, 2.05) is 0 Å². The molecule has 2 N–H and O–H groups in total. The van der Waals surface area contributed by atoms with Crippen LogP contribution in [0.5, 0.6) is 5.75 Å². The normalized spacial score (nSPS) is 14.9. The van der Waals surface area contributed by atoms with Gasteiger partial charge in [0.1, 0.15) is 11.4 Å². The molecule has 0 saturated heterocycles. The fourth-order valence-corrected chi connectivity index (χ4v) is 1.87. The monoisotopic (exact) mass is 243 g/mol. The summed E-state index contributed by atoms with van der Waals surface area (Å²) in [6.45, 7) is 0.115. The third kappa shape index (κ3) is 2.16. The van der Waals surface area contributed by atoms with Gasteiger partial charge in [-0.3, -0.25) is 4.55 Å². The quantitative estimate of drug-likeness (QED) is 0.752. The maximum atomic E-state index is 10.6. The molecule has 7 heteroatoms. The van der Waals surface area contributed by atoms with Crippen molar-refractivity contribution < 1.29 is 22.4 Å². The molecule has 0 amide bonds. The first-order chi connectivity index (χ1) is 7.47. The molecule has 0 radical (unpaired) electrons. The van der Waals surface area contributed by atoms with E-state index in [1.165, 1.54) is 6.07 Å². The standard InChI is InChI=1S/C9H9NO5S/c11-8-5-1-3-7-4-2-6-10(9(7)8)15-16(12,13)14/h1-5,11H,6H2,(H,12,13,14). The minimum Gasteiger partial charge on any atom is -0.506 e. The summed E-state index contributed by atoms with van der Waals surface area (Å²) in [5, 5.41) is 10.5. The van der Waals surface area contributed by atoms with Gasteiger partial charge in [-0.1, -0.05) is 24.3 Å². The number of hydrogen-bond acceptors (Lipinski definition) is 5. The lowest BCUT2D eigenvalue weighted by atomic mass is 10.1. The van der Waals surface area contributed by atoms with Crippen LogP contribution in [0.15, 0.2) is 24.3 Å². The first kappa shape index (κ1) is 10.9. The van der Waals surface area contributed by atoms with Gasteiger partial charge < -0.3 is 5.11 Å². The zero-order valence-electron chi connectivity index (χ0n) is 8.07. The molecule has 1 heterocycles. The summed E-state index contributed by atoms with van der Waals surface area (Å²) in [6, 6.07) is 4.71. The van der Waals surface area contributed by atoms with Crippen LogP contribution in [-0.2, 0) is 14.7 Å². The lowest BCUT2D eigenvalue weighted by molar-refractivity contribution is 0.247. The molecule has 1 aromatic carbocycles. The molecular formula is C9H9NO5S. The van der Waals surface area contributed by atoms with Crippen molar-refractivity contribution in [1.29, 1.82) is 0 Å². The molecule has 0 saturated carbocycles. The van der Waals surface area contributed by atoms with Gasteiger partial charge in [0.25, 0.3) is 0 Å². The number of benzene rings is 1. The van der Waals surface area contributed by atoms with Crippen LogP contribution in [0.2, 0.25) is 0 Å². The Morgan fingerprint density at radius 1 is 1.38 bits per heavy atom. The summed E-state index contributed by atoms with van der Waals surface area (Å²) in [5.41, 5.74) is 0.817. The Hall–Kier alpha value is -1.57. The van der Waals surface area contributed by atoms with Crippen molar-refractivity contribution in [3.8, 4) is 5.75 Å². The fraction of sp³-hybridized carbons (Fsp3) is 0.111. The highest BCUT2D eigenvalue weighted by molar-refractivity contribution is 7.80. The van der Waals surface area contributed by atoms with Crippen LogP contribution in [0.3, 0.4) is 0 Å². The molecule has 0 atom stereocenters. The van der Waals surface area contributed by atoms with Crippen LogP contribution in [-0.4, -0.2) is 24.6 Å². The van der Waals surface area contributed by atoms with Crippen molar-refractivity contribution in [2.75, 3.05) is 11.6 Å². The van der Waals surface area contributed by atoms with Crippen LogP contribution in [0.25, 0.3) is 6.08 Å². The molecule has 2 rings (SSSR count). The highest BCUT2D eigenvalue weighted by Gasteiger charge is 2.22. The number of fused-ring (bicyclic) bond motifs is 1. The highest BCUT2D eigenvalue weighted by Crippen LogP contribution is 2.34. The highest BCUT2D eigenvalue weighted by atomic mass is 32.3. The molecule has 0 unspecified atom stereocenters. The van der Waals surface area contributed by atoms with E-state index in [0.717, 1.165) is 5.06 Å². The van der Waals surface area contributed by atoms with Gasteiger partial charge in [-0.05, 0) is 6.07 Å². The Morgan fingerprint density at radius 3 is 2.81 bits per heavy atom. The predicted molar refractivity (Wildman–Crippen MR) is 57.1 cm³/mol. The van der Waals surface area contributed by atoms with Crippen LogP contribution in [0.1, 0.15) is 5.56 Å². The first-order valence-electron chi connectivity index (χ1n) is 4.40. The lowest BCUT2D eigenvalue weighted by Gasteiger charge is -2.25. The van der Waals surface area contributed by atoms with Gasteiger partial charge in [0.15, 0.2) is 0 Å². The van der Waals surface area contributed by atoms with Gasteiger partial charge in [0, 0.05) is 5.56 Å². The molecule has 0 aliphatic carbocycles. The van der Waals surface area contributed by atoms with Crippen molar-refractivity contribution in [1.82, 2.24) is 0 Å². The average Bonchev–Trinajstić information content (AvgIpc) is 2.15. The Labute approximate surface area is 92.3 Å². The molecule has 1 aliphatic heterocycles. The number of rotatable bonds is 2. The Bertz CT molecular complexity index is 537. The van der Waals surface area contributed by atoms with Gasteiger partial charge in [0.05, 0.1) is 6.54 Å². The zero-order valence-corrected chi connectivity index (χ0v) is 8.88. The third-order valence-corrected chi connectivity index (χ3v) is 2.42. The second-order valence-corrected chi connectivity index (χ2v) is 4.19. The molecule has 0 spiro atoms. The van der Waals surface area contributed by atoms with Gasteiger partial charge >= 0.3 is 10.4 Å². The predicted octanol–water partition coefficient (Wildman–Crippen LogP) is 0.960. The number of nitrogens with zero attached hydrogens (tertiary/aromatic N) is 1. The number of phenols is 1. The summed E-state index contributed by atoms with van der Waals surface area (Å²) in [7, 11) is -4.60. The SMILES string of the molecule is O=S(=O)(O)ON1CC=Cc2cccc(O)c21. The van der Waals surface area contributed by atoms with Crippen molar-refractivity contribution >= 4 is 22.2 Å². The minimum absolute atomic E-state index is 0.115. The van der Waals surface area contributed by atoms with Gasteiger partial charge in [0.2, 0.25) is 0 Å². The van der Waals surface area contributed by atoms with Crippen LogP contribution in [0.4, 0.5) is 5.69 Å². The zero-order chi connectivity index (χ0) is 11.8.